The quantitative estimate of drug-likeness (QED) is 0.869. The lowest BCUT2D eigenvalue weighted by Gasteiger charge is -2.28. The van der Waals surface area contributed by atoms with E-state index >= 15 is 0 Å². The molecule has 4 heteroatoms. The molecule has 112 valence electrons. The third kappa shape index (κ3) is 3.25. The van der Waals surface area contributed by atoms with Crippen LogP contribution in [0, 0.1) is 0 Å². The Kier molecular flexibility index (Phi) is 4.89. The summed E-state index contributed by atoms with van der Waals surface area (Å²) >= 11 is 0. The Balaban J connectivity index is 2.05. The number of phenolic OH excluding ortho intramolecular Hbond substituents is 2. The number of nitrogens with zero attached hydrogens (tertiary/aromatic N) is 2. The van der Waals surface area contributed by atoms with Crippen molar-refractivity contribution in [2.75, 3.05) is 26.2 Å². The average molecular weight is 278 g/mol. The minimum absolute atomic E-state index is 0.131. The minimum atomic E-state index is 0.131. The highest BCUT2D eigenvalue weighted by Gasteiger charge is 2.29. The van der Waals surface area contributed by atoms with Crippen LogP contribution < -0.4 is 0 Å². The second-order valence-corrected chi connectivity index (χ2v) is 5.62. The number of likely N-dealkylation sites (N-methyl/N-ethyl adjacent to an activating group) is 1. The number of aromatic hydroxyl groups is 2. The summed E-state index contributed by atoms with van der Waals surface area (Å²) in [5.74, 6) is 0.262. The van der Waals surface area contributed by atoms with Gasteiger partial charge >= 0.3 is 0 Å². The molecular weight excluding hydrogens is 252 g/mol. The van der Waals surface area contributed by atoms with Crippen molar-refractivity contribution in [2.24, 2.45) is 0 Å². The van der Waals surface area contributed by atoms with Gasteiger partial charge in [0.15, 0.2) is 0 Å². The predicted octanol–water partition coefficient (Wildman–Crippen LogP) is 2.57. The molecule has 0 aliphatic carbocycles. The molecule has 0 bridgehead atoms. The first kappa shape index (κ1) is 15.1. The van der Waals surface area contributed by atoms with Gasteiger partial charge < -0.3 is 10.2 Å². The van der Waals surface area contributed by atoms with E-state index < -0.39 is 0 Å². The van der Waals surface area contributed by atoms with E-state index in [4.69, 9.17) is 0 Å². The highest BCUT2D eigenvalue weighted by Crippen LogP contribution is 2.31. The Morgan fingerprint density at radius 1 is 1.20 bits per heavy atom. The second kappa shape index (κ2) is 6.46. The van der Waals surface area contributed by atoms with Crippen LogP contribution in [-0.2, 0) is 0 Å². The van der Waals surface area contributed by atoms with Gasteiger partial charge in [0.2, 0.25) is 0 Å². The maximum atomic E-state index is 9.62. The maximum Gasteiger partial charge on any atom is 0.119 e. The predicted molar refractivity (Wildman–Crippen MR) is 81.1 cm³/mol. The van der Waals surface area contributed by atoms with E-state index in [1.165, 1.54) is 12.5 Å². The van der Waals surface area contributed by atoms with E-state index in [1.54, 1.807) is 12.1 Å². The van der Waals surface area contributed by atoms with Gasteiger partial charge in [-0.2, -0.15) is 0 Å². The minimum Gasteiger partial charge on any atom is -0.508 e. The Labute approximate surface area is 121 Å². The molecule has 1 saturated heterocycles. The van der Waals surface area contributed by atoms with E-state index in [0.717, 1.165) is 31.7 Å². The van der Waals surface area contributed by atoms with Crippen molar-refractivity contribution >= 4 is 0 Å². The summed E-state index contributed by atoms with van der Waals surface area (Å²) in [6, 6.07) is 5.70. The fraction of sp³-hybridized carbons (Fsp3) is 0.625. The molecule has 2 rings (SSSR count). The summed E-state index contributed by atoms with van der Waals surface area (Å²) in [5, 5.41) is 19.2. The molecule has 0 amide bonds. The molecule has 1 aliphatic rings. The van der Waals surface area contributed by atoms with Crippen LogP contribution in [0.25, 0.3) is 0 Å². The molecular formula is C16H26N2O2. The summed E-state index contributed by atoms with van der Waals surface area (Å²) in [4.78, 5) is 4.93. The summed E-state index contributed by atoms with van der Waals surface area (Å²) in [7, 11) is 0. The van der Waals surface area contributed by atoms with Crippen LogP contribution in [0.15, 0.2) is 18.2 Å². The number of likely N-dealkylation sites (tertiary alicyclic amines) is 1. The molecule has 2 atom stereocenters. The Bertz CT molecular complexity index is 426. The summed E-state index contributed by atoms with van der Waals surface area (Å²) < 4.78 is 0. The third-order valence-electron chi connectivity index (χ3n) is 4.48. The molecule has 1 fully saturated rings. The zero-order chi connectivity index (χ0) is 14.7. The van der Waals surface area contributed by atoms with E-state index in [-0.39, 0.29) is 17.5 Å². The molecule has 1 aromatic carbocycles. The van der Waals surface area contributed by atoms with Gasteiger partial charge in [0.05, 0.1) is 0 Å². The third-order valence-corrected chi connectivity index (χ3v) is 4.48. The molecule has 0 spiro atoms. The first-order chi connectivity index (χ1) is 9.55. The van der Waals surface area contributed by atoms with Crippen molar-refractivity contribution in [2.45, 2.75) is 39.3 Å². The number of rotatable bonds is 5. The summed E-state index contributed by atoms with van der Waals surface area (Å²) in [5.41, 5.74) is 0.975. The van der Waals surface area contributed by atoms with Crippen molar-refractivity contribution in [3.05, 3.63) is 23.8 Å². The molecule has 1 aromatic rings. The van der Waals surface area contributed by atoms with Crippen molar-refractivity contribution in [3.63, 3.8) is 0 Å². The summed E-state index contributed by atoms with van der Waals surface area (Å²) in [6.45, 7) is 10.9. The van der Waals surface area contributed by atoms with Crippen molar-refractivity contribution in [3.8, 4) is 11.5 Å². The topological polar surface area (TPSA) is 46.9 Å². The number of benzene rings is 1. The number of hydrogen-bond donors (Lipinski definition) is 2. The SMILES string of the molecule is CCN(CC)C1CCN(C(C)c2cc(O)cc(O)c2)C1. The van der Waals surface area contributed by atoms with E-state index in [1.807, 2.05) is 0 Å². The lowest BCUT2D eigenvalue weighted by Crippen LogP contribution is -2.37. The molecule has 0 saturated carbocycles. The normalized spacial score (nSPS) is 21.5. The van der Waals surface area contributed by atoms with E-state index in [9.17, 15) is 10.2 Å². The van der Waals surface area contributed by atoms with Gasteiger partial charge in [-0.15, -0.1) is 0 Å². The first-order valence-corrected chi connectivity index (χ1v) is 7.56. The fourth-order valence-corrected chi connectivity index (χ4v) is 3.23. The number of phenols is 2. The molecule has 2 N–H and O–H groups in total. The van der Waals surface area contributed by atoms with E-state index in [2.05, 4.69) is 30.6 Å². The zero-order valence-electron chi connectivity index (χ0n) is 12.7. The first-order valence-electron chi connectivity index (χ1n) is 7.56. The molecule has 0 aromatic heterocycles. The fourth-order valence-electron chi connectivity index (χ4n) is 3.23. The maximum absolute atomic E-state index is 9.62. The van der Waals surface area contributed by atoms with Gasteiger partial charge in [-0.1, -0.05) is 13.8 Å². The Hall–Kier alpha value is -1.26. The van der Waals surface area contributed by atoms with Crippen LogP contribution in [0.4, 0.5) is 0 Å². The van der Waals surface area contributed by atoms with E-state index in [0.29, 0.717) is 6.04 Å². The lowest BCUT2D eigenvalue weighted by molar-refractivity contribution is 0.193. The highest BCUT2D eigenvalue weighted by atomic mass is 16.3. The van der Waals surface area contributed by atoms with Gasteiger partial charge in [0.25, 0.3) is 0 Å². The van der Waals surface area contributed by atoms with Crippen LogP contribution >= 0.6 is 0 Å². The Morgan fingerprint density at radius 2 is 1.80 bits per heavy atom. The highest BCUT2D eigenvalue weighted by molar-refractivity contribution is 5.38. The van der Waals surface area contributed by atoms with Gasteiger partial charge in [-0.25, -0.2) is 0 Å². The van der Waals surface area contributed by atoms with Gasteiger partial charge in [-0.3, -0.25) is 9.80 Å². The van der Waals surface area contributed by atoms with Crippen LogP contribution in [-0.4, -0.2) is 52.2 Å². The smallest absolute Gasteiger partial charge is 0.119 e. The van der Waals surface area contributed by atoms with Crippen LogP contribution in [0.3, 0.4) is 0 Å². The van der Waals surface area contributed by atoms with Gasteiger partial charge in [-0.05, 0) is 44.1 Å². The zero-order valence-corrected chi connectivity index (χ0v) is 12.7. The van der Waals surface area contributed by atoms with Crippen molar-refractivity contribution in [1.29, 1.82) is 0 Å². The van der Waals surface area contributed by atoms with Gasteiger partial charge in [0, 0.05) is 31.2 Å². The lowest BCUT2D eigenvalue weighted by atomic mass is 10.1. The second-order valence-electron chi connectivity index (χ2n) is 5.62. The molecule has 20 heavy (non-hydrogen) atoms. The number of hydrogen-bond acceptors (Lipinski definition) is 4. The van der Waals surface area contributed by atoms with Crippen molar-refractivity contribution < 1.29 is 10.2 Å². The van der Waals surface area contributed by atoms with Crippen LogP contribution in [0.5, 0.6) is 11.5 Å². The summed E-state index contributed by atoms with van der Waals surface area (Å²) in [6.07, 6.45) is 1.19. The largest absolute Gasteiger partial charge is 0.508 e. The van der Waals surface area contributed by atoms with Crippen molar-refractivity contribution in [1.82, 2.24) is 9.80 Å². The average Bonchev–Trinajstić information content (AvgIpc) is 2.88. The standard InChI is InChI=1S/C16H26N2O2/c1-4-17(5-2)14-6-7-18(11-14)12(3)13-8-15(19)10-16(20)9-13/h8-10,12,14,19-20H,4-7,11H2,1-3H3. The monoisotopic (exact) mass is 278 g/mol. The molecule has 1 heterocycles. The van der Waals surface area contributed by atoms with Crippen LogP contribution in [0.1, 0.15) is 38.8 Å². The molecule has 4 nitrogen and oxygen atoms in total. The molecule has 2 unspecified atom stereocenters. The molecule has 0 radical (unpaired) electrons. The van der Waals surface area contributed by atoms with Crippen LogP contribution in [0.2, 0.25) is 0 Å². The molecule has 1 aliphatic heterocycles. The Morgan fingerprint density at radius 3 is 2.35 bits per heavy atom. The van der Waals surface area contributed by atoms with Gasteiger partial charge in [0.1, 0.15) is 11.5 Å².